The number of hydrogen-bond donors (Lipinski definition) is 3. The minimum atomic E-state index is -0.549. The Kier molecular flexibility index (Phi) is 6.02. The molecule has 3 amide bonds. The fourth-order valence-corrected chi connectivity index (χ4v) is 1.46. The van der Waals surface area contributed by atoms with Crippen molar-refractivity contribution in [2.24, 2.45) is 0 Å². The van der Waals surface area contributed by atoms with Crippen LogP contribution in [0.5, 0.6) is 0 Å². The highest BCUT2D eigenvalue weighted by atomic mass is 16.5. The van der Waals surface area contributed by atoms with Gasteiger partial charge < -0.3 is 20.7 Å². The highest BCUT2D eigenvalue weighted by Gasteiger charge is 2.06. The summed E-state index contributed by atoms with van der Waals surface area (Å²) >= 11 is 0. The lowest BCUT2D eigenvalue weighted by atomic mass is 10.2. The number of amides is 3. The van der Waals surface area contributed by atoms with Crippen LogP contribution < -0.4 is 16.0 Å². The third kappa shape index (κ3) is 5.38. The number of nitrogens with one attached hydrogen (secondary N) is 3. The van der Waals surface area contributed by atoms with Crippen LogP contribution in [0.3, 0.4) is 0 Å². The molecule has 1 aromatic rings. The summed E-state index contributed by atoms with van der Waals surface area (Å²) in [4.78, 5) is 33.6. The van der Waals surface area contributed by atoms with E-state index in [-0.39, 0.29) is 24.9 Å². The third-order valence-corrected chi connectivity index (χ3v) is 2.31. The first-order chi connectivity index (χ1) is 9.52. The van der Waals surface area contributed by atoms with Crippen molar-refractivity contribution in [1.82, 2.24) is 10.6 Å². The molecule has 20 heavy (non-hydrogen) atoms. The van der Waals surface area contributed by atoms with Gasteiger partial charge in [-0.3, -0.25) is 9.59 Å². The molecule has 0 saturated carbocycles. The Morgan fingerprint density at radius 2 is 1.85 bits per heavy atom. The summed E-state index contributed by atoms with van der Waals surface area (Å²) < 4.78 is 4.39. The maximum Gasteiger partial charge on any atom is 0.406 e. The molecule has 0 aromatic heterocycles. The number of ether oxygens (including phenoxy) is 1. The maximum atomic E-state index is 11.8. The van der Waals surface area contributed by atoms with Crippen LogP contribution in [0.4, 0.5) is 10.5 Å². The molecule has 0 bridgehead atoms. The minimum absolute atomic E-state index is 0.204. The van der Waals surface area contributed by atoms with Crippen LogP contribution in [0, 0.1) is 0 Å². The monoisotopic (exact) mass is 279 g/mol. The molecule has 108 valence electrons. The van der Waals surface area contributed by atoms with Crippen LogP contribution in [0.2, 0.25) is 0 Å². The Hall–Kier alpha value is -2.57. The molecular weight excluding hydrogens is 262 g/mol. The summed E-state index contributed by atoms with van der Waals surface area (Å²) in [5.41, 5.74) is 0.979. The lowest BCUT2D eigenvalue weighted by molar-refractivity contribution is -0.114. The molecule has 0 unspecified atom stereocenters. The first kappa shape index (κ1) is 15.5. The lowest BCUT2D eigenvalue weighted by Crippen LogP contribution is -2.34. The van der Waals surface area contributed by atoms with Gasteiger partial charge in [-0.25, -0.2) is 4.79 Å². The van der Waals surface area contributed by atoms with Crippen LogP contribution in [-0.4, -0.2) is 38.1 Å². The Bertz CT molecular complexity index is 502. The van der Waals surface area contributed by atoms with E-state index in [0.29, 0.717) is 11.3 Å². The van der Waals surface area contributed by atoms with Crippen molar-refractivity contribution >= 4 is 23.6 Å². The van der Waals surface area contributed by atoms with E-state index in [0.717, 1.165) is 0 Å². The summed E-state index contributed by atoms with van der Waals surface area (Å²) in [5.74, 6) is -0.492. The Morgan fingerprint density at radius 3 is 2.50 bits per heavy atom. The average molecular weight is 279 g/mol. The van der Waals surface area contributed by atoms with Gasteiger partial charge in [0, 0.05) is 31.3 Å². The van der Waals surface area contributed by atoms with E-state index in [1.54, 1.807) is 24.3 Å². The third-order valence-electron chi connectivity index (χ3n) is 2.31. The van der Waals surface area contributed by atoms with Gasteiger partial charge in [0.15, 0.2) is 0 Å². The van der Waals surface area contributed by atoms with Gasteiger partial charge in [0.1, 0.15) is 0 Å². The number of rotatable bonds is 5. The summed E-state index contributed by atoms with van der Waals surface area (Å²) in [5, 5.41) is 7.68. The second-order valence-corrected chi connectivity index (χ2v) is 3.94. The van der Waals surface area contributed by atoms with E-state index in [4.69, 9.17) is 0 Å². The van der Waals surface area contributed by atoms with E-state index < -0.39 is 6.09 Å². The largest absolute Gasteiger partial charge is 0.453 e. The molecular formula is C13H17N3O4. The van der Waals surface area contributed by atoms with Crippen molar-refractivity contribution in [1.29, 1.82) is 0 Å². The van der Waals surface area contributed by atoms with Crippen molar-refractivity contribution < 1.29 is 19.1 Å². The predicted octanol–water partition coefficient (Wildman–Crippen LogP) is 0.731. The van der Waals surface area contributed by atoms with E-state index >= 15 is 0 Å². The quantitative estimate of drug-likeness (QED) is 0.692. The van der Waals surface area contributed by atoms with Gasteiger partial charge in [0.25, 0.3) is 5.91 Å². The van der Waals surface area contributed by atoms with Crippen LogP contribution in [-0.2, 0) is 9.53 Å². The predicted molar refractivity (Wildman–Crippen MR) is 73.5 cm³/mol. The second kappa shape index (κ2) is 7.78. The molecule has 0 aliphatic rings. The molecule has 3 N–H and O–H groups in total. The molecule has 0 spiro atoms. The van der Waals surface area contributed by atoms with E-state index in [9.17, 15) is 14.4 Å². The number of methoxy groups -OCH3 is 1. The average Bonchev–Trinajstić information content (AvgIpc) is 2.42. The van der Waals surface area contributed by atoms with Gasteiger partial charge in [-0.15, -0.1) is 0 Å². The van der Waals surface area contributed by atoms with Crippen molar-refractivity contribution in [3.05, 3.63) is 29.8 Å². The van der Waals surface area contributed by atoms with Gasteiger partial charge in [-0.2, -0.15) is 0 Å². The Morgan fingerprint density at radius 1 is 1.15 bits per heavy atom. The Balaban J connectivity index is 2.47. The molecule has 0 radical (unpaired) electrons. The second-order valence-electron chi connectivity index (χ2n) is 3.94. The van der Waals surface area contributed by atoms with Gasteiger partial charge >= 0.3 is 6.09 Å². The first-order valence-electron chi connectivity index (χ1n) is 6.00. The number of carbonyl (C=O) groups is 3. The standard InChI is InChI=1S/C13H17N3O4/c1-9(17)16-11-5-3-4-10(8-11)12(18)14-6-7-15-13(19)20-2/h3-5,8H,6-7H2,1-2H3,(H,14,18)(H,15,19)(H,16,17). The molecule has 7 heteroatoms. The molecule has 0 aliphatic heterocycles. The highest BCUT2D eigenvalue weighted by Crippen LogP contribution is 2.10. The molecule has 0 heterocycles. The molecule has 0 atom stereocenters. The van der Waals surface area contributed by atoms with Crippen LogP contribution in [0.25, 0.3) is 0 Å². The van der Waals surface area contributed by atoms with Crippen molar-refractivity contribution in [3.8, 4) is 0 Å². The normalized spacial score (nSPS) is 9.50. The van der Waals surface area contributed by atoms with Gasteiger partial charge in [-0.1, -0.05) is 6.07 Å². The summed E-state index contributed by atoms with van der Waals surface area (Å²) in [6.45, 7) is 1.94. The summed E-state index contributed by atoms with van der Waals surface area (Å²) in [7, 11) is 1.27. The van der Waals surface area contributed by atoms with Crippen LogP contribution in [0.15, 0.2) is 24.3 Å². The van der Waals surface area contributed by atoms with Gasteiger partial charge in [-0.05, 0) is 18.2 Å². The maximum absolute atomic E-state index is 11.8. The molecule has 1 aromatic carbocycles. The molecule has 0 aliphatic carbocycles. The van der Waals surface area contributed by atoms with E-state index in [1.807, 2.05) is 0 Å². The van der Waals surface area contributed by atoms with Crippen molar-refractivity contribution in [2.45, 2.75) is 6.92 Å². The van der Waals surface area contributed by atoms with Crippen LogP contribution >= 0.6 is 0 Å². The topological polar surface area (TPSA) is 96.5 Å². The SMILES string of the molecule is COC(=O)NCCNC(=O)c1cccc(NC(C)=O)c1. The summed E-state index contributed by atoms with van der Waals surface area (Å²) in [6, 6.07) is 6.57. The minimum Gasteiger partial charge on any atom is -0.453 e. The van der Waals surface area contributed by atoms with Crippen molar-refractivity contribution in [3.63, 3.8) is 0 Å². The van der Waals surface area contributed by atoms with Gasteiger partial charge in [0.2, 0.25) is 5.91 Å². The smallest absolute Gasteiger partial charge is 0.406 e. The number of anilines is 1. The molecule has 0 fully saturated rings. The molecule has 7 nitrogen and oxygen atoms in total. The Labute approximate surface area is 116 Å². The zero-order valence-corrected chi connectivity index (χ0v) is 11.4. The lowest BCUT2D eigenvalue weighted by Gasteiger charge is -2.08. The zero-order chi connectivity index (χ0) is 15.0. The van der Waals surface area contributed by atoms with Crippen molar-refractivity contribution in [2.75, 3.05) is 25.5 Å². The zero-order valence-electron chi connectivity index (χ0n) is 11.4. The number of benzene rings is 1. The number of carbonyl (C=O) groups excluding carboxylic acids is 3. The number of hydrogen-bond acceptors (Lipinski definition) is 4. The van der Waals surface area contributed by atoms with Gasteiger partial charge in [0.05, 0.1) is 7.11 Å². The summed E-state index contributed by atoms with van der Waals surface area (Å²) in [6.07, 6.45) is -0.549. The molecule has 1 rings (SSSR count). The van der Waals surface area contributed by atoms with Crippen LogP contribution in [0.1, 0.15) is 17.3 Å². The number of alkyl carbamates (subject to hydrolysis) is 1. The fourth-order valence-electron chi connectivity index (χ4n) is 1.46. The first-order valence-corrected chi connectivity index (χ1v) is 6.00. The fraction of sp³-hybridized carbons (Fsp3) is 0.308. The highest BCUT2D eigenvalue weighted by molar-refractivity contribution is 5.96. The molecule has 0 saturated heterocycles. The van der Waals surface area contributed by atoms with E-state index in [2.05, 4.69) is 20.7 Å². The van der Waals surface area contributed by atoms with E-state index in [1.165, 1.54) is 14.0 Å².